The quantitative estimate of drug-likeness (QED) is 0.810. The Kier molecular flexibility index (Phi) is 3.27. The number of hydrogen-bond donors (Lipinski definition) is 2. The Balaban J connectivity index is 2.03. The van der Waals surface area contributed by atoms with Crippen LogP contribution in [0, 0.1) is 0 Å². The van der Waals surface area contributed by atoms with Gasteiger partial charge in [0.1, 0.15) is 5.52 Å². The lowest BCUT2D eigenvalue weighted by atomic mass is 10.5. The van der Waals surface area contributed by atoms with Crippen molar-refractivity contribution in [3.8, 4) is 0 Å². The molecule has 1 fully saturated rings. The van der Waals surface area contributed by atoms with Crippen molar-refractivity contribution in [2.24, 2.45) is 0 Å². The van der Waals surface area contributed by atoms with Crippen molar-refractivity contribution in [1.29, 1.82) is 0 Å². The highest BCUT2D eigenvalue weighted by molar-refractivity contribution is 8.20. The molecule has 3 N–H and O–H groups in total. The molecule has 0 radical (unpaired) electrons. The highest BCUT2D eigenvalue weighted by Gasteiger charge is 2.28. The topological polar surface area (TPSA) is 89.8 Å². The first kappa shape index (κ1) is 12.3. The summed E-state index contributed by atoms with van der Waals surface area (Å²) in [7, 11) is 0. The Morgan fingerprint density at radius 1 is 1.56 bits per heavy atom. The summed E-state index contributed by atoms with van der Waals surface area (Å²) in [5.41, 5.74) is 6.81. The highest BCUT2D eigenvalue weighted by atomic mass is 35.5. The van der Waals surface area contributed by atoms with Crippen LogP contribution in [0.4, 0.5) is 5.95 Å². The van der Waals surface area contributed by atoms with Crippen LogP contribution < -0.4 is 5.73 Å². The normalized spacial score (nSPS) is 23.9. The van der Waals surface area contributed by atoms with Crippen LogP contribution in [-0.2, 0) is 0 Å². The van der Waals surface area contributed by atoms with Crippen LogP contribution in [-0.4, -0.2) is 41.6 Å². The van der Waals surface area contributed by atoms with Crippen molar-refractivity contribution in [2.75, 3.05) is 18.1 Å². The molecule has 96 valence electrons. The fourth-order valence-corrected chi connectivity index (χ4v) is 4.87. The number of nitrogens with two attached hydrogens (primary N) is 1. The van der Waals surface area contributed by atoms with E-state index in [1.54, 1.807) is 29.9 Å². The average molecular weight is 304 g/mol. The zero-order valence-corrected chi connectivity index (χ0v) is 11.5. The summed E-state index contributed by atoms with van der Waals surface area (Å²) in [6.07, 6.45) is 1.70. The number of aromatic nitrogens is 4. The van der Waals surface area contributed by atoms with E-state index < -0.39 is 0 Å². The van der Waals surface area contributed by atoms with Gasteiger partial charge in [0.15, 0.2) is 10.8 Å². The lowest BCUT2D eigenvalue weighted by Crippen LogP contribution is -2.06. The van der Waals surface area contributed by atoms with Crippen molar-refractivity contribution in [3.63, 3.8) is 0 Å². The van der Waals surface area contributed by atoms with Crippen molar-refractivity contribution in [3.05, 3.63) is 11.5 Å². The number of anilines is 1. The molecule has 0 spiro atoms. The maximum absolute atomic E-state index is 9.15. The zero-order valence-electron chi connectivity index (χ0n) is 9.15. The summed E-state index contributed by atoms with van der Waals surface area (Å²) in [6, 6.07) is 0. The van der Waals surface area contributed by atoms with Crippen molar-refractivity contribution < 1.29 is 5.11 Å². The largest absolute Gasteiger partial charge is 0.394 e. The summed E-state index contributed by atoms with van der Waals surface area (Å²) in [5, 5.41) is 9.60. The SMILES string of the molecule is Nc1nc(Cl)c2ncn([C@@H]3CS[C@@H](CO)S3)c2n1. The number of rotatable bonds is 2. The molecule has 0 saturated carbocycles. The average Bonchev–Trinajstić information content (AvgIpc) is 2.93. The number of fused-ring (bicyclic) bond motifs is 1. The van der Waals surface area contributed by atoms with Crippen LogP contribution in [0.3, 0.4) is 0 Å². The van der Waals surface area contributed by atoms with Crippen molar-refractivity contribution in [2.45, 2.75) is 9.96 Å². The Labute approximate surface area is 116 Å². The molecule has 2 aromatic heterocycles. The van der Waals surface area contributed by atoms with E-state index in [1.165, 1.54) is 0 Å². The van der Waals surface area contributed by atoms with Crippen LogP contribution in [0.2, 0.25) is 5.15 Å². The Bertz CT molecular complexity index is 592. The van der Waals surface area contributed by atoms with E-state index in [2.05, 4.69) is 15.0 Å². The third-order valence-corrected chi connectivity index (χ3v) is 5.99. The van der Waals surface area contributed by atoms with Crippen molar-refractivity contribution >= 4 is 52.2 Å². The molecule has 3 heterocycles. The summed E-state index contributed by atoms with van der Waals surface area (Å²) in [6.45, 7) is 0.163. The van der Waals surface area contributed by atoms with Crippen LogP contribution in [0.1, 0.15) is 5.37 Å². The van der Waals surface area contributed by atoms with E-state index in [0.29, 0.717) is 11.2 Å². The van der Waals surface area contributed by atoms with E-state index in [4.69, 9.17) is 22.4 Å². The van der Waals surface area contributed by atoms with Crippen LogP contribution in [0.15, 0.2) is 6.33 Å². The second-order valence-corrected chi connectivity index (χ2v) is 7.01. The van der Waals surface area contributed by atoms with E-state index in [-0.39, 0.29) is 27.7 Å². The van der Waals surface area contributed by atoms with E-state index in [9.17, 15) is 0 Å². The monoisotopic (exact) mass is 303 g/mol. The first-order valence-electron chi connectivity index (χ1n) is 5.22. The predicted octanol–water partition coefficient (Wildman–Crippen LogP) is 1.36. The van der Waals surface area contributed by atoms with E-state index in [1.807, 2.05) is 4.57 Å². The number of aliphatic hydroxyl groups is 1. The molecule has 0 aliphatic carbocycles. The molecule has 18 heavy (non-hydrogen) atoms. The predicted molar refractivity (Wildman–Crippen MR) is 74.7 cm³/mol. The zero-order chi connectivity index (χ0) is 12.7. The third kappa shape index (κ3) is 2.03. The first-order chi connectivity index (χ1) is 8.69. The Hall–Kier alpha value is -0.700. The minimum Gasteiger partial charge on any atom is -0.394 e. The summed E-state index contributed by atoms with van der Waals surface area (Å²) < 4.78 is 2.13. The van der Waals surface area contributed by atoms with Gasteiger partial charge in [-0.05, 0) is 0 Å². The van der Waals surface area contributed by atoms with Crippen molar-refractivity contribution in [1.82, 2.24) is 19.5 Å². The molecule has 0 bridgehead atoms. The third-order valence-electron chi connectivity index (χ3n) is 2.59. The van der Waals surface area contributed by atoms with Crippen LogP contribution >= 0.6 is 35.1 Å². The molecule has 1 aliphatic rings. The molecule has 1 aliphatic heterocycles. The molecule has 0 unspecified atom stereocenters. The minimum atomic E-state index is 0.142. The minimum absolute atomic E-state index is 0.142. The van der Waals surface area contributed by atoms with Gasteiger partial charge in [0.2, 0.25) is 5.95 Å². The standard InChI is InChI=1S/C9H10ClN5OS2/c10-7-6-8(14-9(11)13-7)15(3-12-6)4-2-17-5(1-16)18-4/h3-5,16H,1-2H2,(H2,11,13,14)/t4-,5+/m0/s1. The number of imidazole rings is 1. The van der Waals surface area contributed by atoms with Gasteiger partial charge in [-0.3, -0.25) is 0 Å². The number of nitrogens with zero attached hydrogens (tertiary/aromatic N) is 4. The number of nitrogen functional groups attached to an aromatic ring is 1. The molecule has 2 atom stereocenters. The van der Waals surface area contributed by atoms with Gasteiger partial charge in [-0.25, -0.2) is 4.98 Å². The molecule has 0 amide bonds. The second kappa shape index (κ2) is 4.76. The number of halogens is 1. The molecule has 3 rings (SSSR count). The highest BCUT2D eigenvalue weighted by Crippen LogP contribution is 2.44. The Morgan fingerprint density at radius 2 is 2.39 bits per heavy atom. The molecule has 2 aromatic rings. The molecule has 0 aromatic carbocycles. The molecule has 1 saturated heterocycles. The number of hydrogen-bond acceptors (Lipinski definition) is 7. The van der Waals surface area contributed by atoms with Gasteiger partial charge in [0.25, 0.3) is 0 Å². The summed E-state index contributed by atoms with van der Waals surface area (Å²) >= 11 is 9.39. The van der Waals surface area contributed by atoms with Gasteiger partial charge in [0.05, 0.1) is 22.9 Å². The maximum atomic E-state index is 9.15. The van der Waals surface area contributed by atoms with E-state index in [0.717, 1.165) is 5.75 Å². The second-order valence-electron chi connectivity index (χ2n) is 3.73. The summed E-state index contributed by atoms with van der Waals surface area (Å²) in [4.78, 5) is 12.3. The van der Waals surface area contributed by atoms with Gasteiger partial charge in [-0.2, -0.15) is 9.97 Å². The smallest absolute Gasteiger partial charge is 0.223 e. The van der Waals surface area contributed by atoms with Crippen LogP contribution in [0.5, 0.6) is 0 Å². The van der Waals surface area contributed by atoms with Gasteiger partial charge in [-0.15, -0.1) is 23.5 Å². The molecule has 9 heteroatoms. The van der Waals surface area contributed by atoms with Crippen LogP contribution in [0.25, 0.3) is 11.2 Å². The number of aliphatic hydroxyl groups excluding tert-OH is 1. The maximum Gasteiger partial charge on any atom is 0.223 e. The first-order valence-corrected chi connectivity index (χ1v) is 7.59. The fourth-order valence-electron chi connectivity index (χ4n) is 1.79. The molecule has 6 nitrogen and oxygen atoms in total. The summed E-state index contributed by atoms with van der Waals surface area (Å²) in [5.74, 6) is 1.03. The molecular weight excluding hydrogens is 294 g/mol. The molecular formula is C9H10ClN5OS2. The van der Waals surface area contributed by atoms with Gasteiger partial charge in [-0.1, -0.05) is 11.6 Å². The van der Waals surface area contributed by atoms with E-state index >= 15 is 0 Å². The van der Waals surface area contributed by atoms with Gasteiger partial charge >= 0.3 is 0 Å². The van der Waals surface area contributed by atoms with Gasteiger partial charge < -0.3 is 15.4 Å². The number of thioether (sulfide) groups is 2. The fraction of sp³-hybridized carbons (Fsp3) is 0.444. The lowest BCUT2D eigenvalue weighted by molar-refractivity contribution is 0.316. The Morgan fingerprint density at radius 3 is 3.11 bits per heavy atom. The lowest BCUT2D eigenvalue weighted by Gasteiger charge is -2.11. The van der Waals surface area contributed by atoms with Gasteiger partial charge in [0, 0.05) is 5.75 Å².